The molecule has 5 heteroatoms. The average Bonchev–Trinajstić information content (AvgIpc) is 2.37. The zero-order valence-electron chi connectivity index (χ0n) is 10.4. The van der Waals surface area contributed by atoms with Gasteiger partial charge in [0.2, 0.25) is 0 Å². The van der Waals surface area contributed by atoms with Gasteiger partial charge in [-0.1, -0.05) is 35.0 Å². The number of halogens is 1. The van der Waals surface area contributed by atoms with Gasteiger partial charge in [-0.05, 0) is 25.5 Å². The van der Waals surface area contributed by atoms with E-state index in [1.807, 2.05) is 31.2 Å². The van der Waals surface area contributed by atoms with Crippen LogP contribution in [0, 0.1) is 6.92 Å². The highest BCUT2D eigenvalue weighted by molar-refractivity contribution is 9.10. The van der Waals surface area contributed by atoms with E-state index in [4.69, 9.17) is 5.84 Å². The van der Waals surface area contributed by atoms with Gasteiger partial charge in [0, 0.05) is 21.3 Å². The topological polar surface area (TPSA) is 63.8 Å². The van der Waals surface area contributed by atoms with E-state index in [2.05, 4.69) is 38.2 Å². The minimum absolute atomic E-state index is 0.680. The molecular weight excluding hydrogens is 292 g/mol. The third-order valence-corrected chi connectivity index (χ3v) is 3.28. The van der Waals surface area contributed by atoms with Gasteiger partial charge in [0.25, 0.3) is 0 Å². The van der Waals surface area contributed by atoms with Crippen LogP contribution in [0.3, 0.4) is 0 Å². The quantitative estimate of drug-likeness (QED) is 0.676. The molecule has 0 saturated carbocycles. The summed E-state index contributed by atoms with van der Waals surface area (Å²) in [5, 5.41) is 0. The van der Waals surface area contributed by atoms with Gasteiger partial charge in [-0.3, -0.25) is 0 Å². The summed E-state index contributed by atoms with van der Waals surface area (Å²) in [7, 11) is 0. The van der Waals surface area contributed by atoms with Crippen LogP contribution >= 0.6 is 15.9 Å². The molecule has 0 bridgehead atoms. The molecule has 0 aliphatic heterocycles. The van der Waals surface area contributed by atoms with Gasteiger partial charge in [-0.2, -0.15) is 0 Å². The summed E-state index contributed by atoms with van der Waals surface area (Å²) in [6.07, 6.45) is 0.851. The monoisotopic (exact) mass is 306 g/mol. The highest BCUT2D eigenvalue weighted by Gasteiger charge is 2.10. The van der Waals surface area contributed by atoms with Crippen molar-refractivity contribution < 1.29 is 0 Å². The summed E-state index contributed by atoms with van der Waals surface area (Å²) in [5.74, 6) is 6.90. The molecule has 2 aromatic rings. The summed E-state index contributed by atoms with van der Waals surface area (Å²) < 4.78 is 1.00. The highest BCUT2D eigenvalue weighted by atomic mass is 79.9. The Morgan fingerprint density at radius 2 is 2.11 bits per heavy atom. The molecule has 4 nitrogen and oxygen atoms in total. The molecule has 0 aliphatic carbocycles. The second-order valence-corrected chi connectivity index (χ2v) is 4.88. The number of nitrogens with two attached hydrogens (primary N) is 1. The van der Waals surface area contributed by atoms with Gasteiger partial charge >= 0.3 is 0 Å². The molecule has 18 heavy (non-hydrogen) atoms. The Hall–Kier alpha value is -1.46. The van der Waals surface area contributed by atoms with Crippen LogP contribution in [0.2, 0.25) is 0 Å². The van der Waals surface area contributed by atoms with Gasteiger partial charge in [-0.15, -0.1) is 0 Å². The largest absolute Gasteiger partial charge is 0.308 e. The van der Waals surface area contributed by atoms with E-state index in [9.17, 15) is 0 Å². The summed E-state index contributed by atoms with van der Waals surface area (Å²) >= 11 is 3.45. The maximum atomic E-state index is 5.52. The molecule has 0 unspecified atom stereocenters. The van der Waals surface area contributed by atoms with Crippen LogP contribution < -0.4 is 11.3 Å². The van der Waals surface area contributed by atoms with Gasteiger partial charge in [-0.25, -0.2) is 15.8 Å². The van der Waals surface area contributed by atoms with E-state index >= 15 is 0 Å². The van der Waals surface area contributed by atoms with Crippen LogP contribution in [0.1, 0.15) is 18.2 Å². The van der Waals surface area contributed by atoms with E-state index in [0.29, 0.717) is 11.6 Å². The van der Waals surface area contributed by atoms with Crippen molar-refractivity contribution in [1.29, 1.82) is 0 Å². The Labute approximate surface area is 115 Å². The van der Waals surface area contributed by atoms with Crippen molar-refractivity contribution in [3.8, 4) is 11.4 Å². The summed E-state index contributed by atoms with van der Waals surface area (Å²) in [6.45, 7) is 4.04. The van der Waals surface area contributed by atoms with E-state index < -0.39 is 0 Å². The number of hydrogen-bond donors (Lipinski definition) is 2. The molecule has 0 fully saturated rings. The molecule has 0 amide bonds. The first kappa shape index (κ1) is 13.0. The second kappa shape index (κ2) is 5.46. The first-order chi connectivity index (χ1) is 8.65. The van der Waals surface area contributed by atoms with Crippen LogP contribution in [0.25, 0.3) is 11.4 Å². The van der Waals surface area contributed by atoms with Crippen molar-refractivity contribution in [3.63, 3.8) is 0 Å². The molecule has 0 saturated heterocycles. The number of anilines is 1. The van der Waals surface area contributed by atoms with Crippen molar-refractivity contribution in [3.05, 3.63) is 40.0 Å². The number of rotatable bonds is 3. The van der Waals surface area contributed by atoms with Crippen LogP contribution in [-0.4, -0.2) is 9.97 Å². The zero-order valence-corrected chi connectivity index (χ0v) is 12.0. The smallest absolute Gasteiger partial charge is 0.161 e. The molecule has 1 aromatic carbocycles. The first-order valence-corrected chi connectivity index (χ1v) is 6.55. The molecule has 0 radical (unpaired) electrons. The Morgan fingerprint density at radius 3 is 2.72 bits per heavy atom. The summed E-state index contributed by atoms with van der Waals surface area (Å²) in [5.41, 5.74) is 5.62. The number of nitrogen functional groups attached to an aromatic ring is 1. The van der Waals surface area contributed by atoms with Crippen LogP contribution in [0.4, 0.5) is 5.82 Å². The standard InChI is InChI=1S/C13H15BrN4/c1-3-11-8(2)16-12(17-13(11)18-15)9-5-4-6-10(14)7-9/h4-7H,3,15H2,1-2H3,(H,16,17,18). The van der Waals surface area contributed by atoms with Crippen molar-refractivity contribution in [2.24, 2.45) is 5.84 Å². The molecule has 2 rings (SSSR count). The molecule has 94 valence electrons. The zero-order chi connectivity index (χ0) is 13.1. The maximum Gasteiger partial charge on any atom is 0.161 e. The van der Waals surface area contributed by atoms with Gasteiger partial charge in [0.1, 0.15) is 5.82 Å². The molecule has 0 atom stereocenters. The van der Waals surface area contributed by atoms with Gasteiger partial charge in [0.15, 0.2) is 5.82 Å². The van der Waals surface area contributed by atoms with Crippen molar-refractivity contribution in [2.75, 3.05) is 5.43 Å². The van der Waals surface area contributed by atoms with Crippen LogP contribution in [0.5, 0.6) is 0 Å². The molecule has 1 heterocycles. The second-order valence-electron chi connectivity index (χ2n) is 3.97. The van der Waals surface area contributed by atoms with E-state index in [-0.39, 0.29) is 0 Å². The fourth-order valence-electron chi connectivity index (χ4n) is 1.90. The molecule has 0 spiro atoms. The molecular formula is C13H15BrN4. The minimum Gasteiger partial charge on any atom is -0.308 e. The number of nitrogens with zero attached hydrogens (tertiary/aromatic N) is 2. The maximum absolute atomic E-state index is 5.52. The summed E-state index contributed by atoms with van der Waals surface area (Å²) in [6, 6.07) is 7.90. The number of aryl methyl sites for hydroxylation is 1. The Bertz CT molecular complexity index is 569. The Kier molecular flexibility index (Phi) is 3.93. The SMILES string of the molecule is CCc1c(C)nc(-c2cccc(Br)c2)nc1NN. The Balaban J connectivity index is 2.56. The van der Waals surface area contributed by atoms with Crippen molar-refractivity contribution in [2.45, 2.75) is 20.3 Å². The predicted octanol–water partition coefficient (Wildman–Crippen LogP) is 3.06. The lowest BCUT2D eigenvalue weighted by atomic mass is 10.1. The predicted molar refractivity (Wildman–Crippen MR) is 77.1 cm³/mol. The minimum atomic E-state index is 0.680. The first-order valence-electron chi connectivity index (χ1n) is 5.75. The van der Waals surface area contributed by atoms with E-state index in [0.717, 1.165) is 27.7 Å². The molecule has 1 aromatic heterocycles. The van der Waals surface area contributed by atoms with Crippen molar-refractivity contribution in [1.82, 2.24) is 9.97 Å². The molecule has 3 N–H and O–H groups in total. The lowest BCUT2D eigenvalue weighted by molar-refractivity contribution is 0.995. The number of benzene rings is 1. The highest BCUT2D eigenvalue weighted by Crippen LogP contribution is 2.24. The van der Waals surface area contributed by atoms with Gasteiger partial charge < -0.3 is 5.43 Å². The van der Waals surface area contributed by atoms with E-state index in [1.165, 1.54) is 0 Å². The molecule has 0 aliphatic rings. The lowest BCUT2D eigenvalue weighted by Crippen LogP contribution is -2.13. The average molecular weight is 307 g/mol. The van der Waals surface area contributed by atoms with Crippen LogP contribution in [0.15, 0.2) is 28.7 Å². The fraction of sp³-hybridized carbons (Fsp3) is 0.231. The van der Waals surface area contributed by atoms with Crippen LogP contribution in [-0.2, 0) is 6.42 Å². The Morgan fingerprint density at radius 1 is 1.33 bits per heavy atom. The number of nitrogens with one attached hydrogen (secondary N) is 1. The summed E-state index contributed by atoms with van der Waals surface area (Å²) in [4.78, 5) is 9.00. The van der Waals surface area contributed by atoms with E-state index in [1.54, 1.807) is 0 Å². The lowest BCUT2D eigenvalue weighted by Gasteiger charge is -2.11. The van der Waals surface area contributed by atoms with Gasteiger partial charge in [0.05, 0.1) is 0 Å². The van der Waals surface area contributed by atoms with Crippen molar-refractivity contribution >= 4 is 21.7 Å². The third kappa shape index (κ3) is 2.52. The third-order valence-electron chi connectivity index (χ3n) is 2.79. The fourth-order valence-corrected chi connectivity index (χ4v) is 2.29. The number of hydrazine groups is 1. The normalized spacial score (nSPS) is 10.4. The number of aromatic nitrogens is 2. The number of hydrogen-bond acceptors (Lipinski definition) is 4.